The molecule has 1 aliphatic heterocycles. The number of aromatic nitrogens is 5. The van der Waals surface area contributed by atoms with E-state index >= 15 is 0 Å². The van der Waals surface area contributed by atoms with Crippen LogP contribution in [-0.4, -0.2) is 48.8 Å². The number of piperidine rings is 1. The van der Waals surface area contributed by atoms with Gasteiger partial charge in [-0.3, -0.25) is 9.48 Å². The van der Waals surface area contributed by atoms with Crippen LogP contribution < -0.4 is 4.90 Å². The fraction of sp³-hybridized carbons (Fsp3) is 0.444. The number of carboxylic acid groups (broad SMARTS) is 1. The Hall–Kier alpha value is -2.61. The third-order valence-electron chi connectivity index (χ3n) is 5.00. The lowest BCUT2D eigenvalue weighted by molar-refractivity contribution is -0.141. The standard InChI is InChI=1S/C18H19ClN6O2/c19-12-8-20-25(10-12)18(5-6-18)17-21-13-3-4-14(22-15(13)23-17)24-7-1-2-11(9-24)16(26)27/h3-4,8,10-11H,1-2,5-7,9H2,(H,26,27)(H,21,22,23)/i7D2,9D2. The second kappa shape index (κ2) is 5.95. The Balaban J connectivity index is 1.56. The maximum Gasteiger partial charge on any atom is 0.308 e. The molecule has 1 saturated heterocycles. The fourth-order valence-electron chi connectivity index (χ4n) is 3.37. The van der Waals surface area contributed by atoms with E-state index in [-0.39, 0.29) is 18.7 Å². The summed E-state index contributed by atoms with van der Waals surface area (Å²) in [5, 5.41) is 14.3. The van der Waals surface area contributed by atoms with Crippen molar-refractivity contribution < 1.29 is 15.4 Å². The first-order valence-electron chi connectivity index (χ1n) is 10.7. The van der Waals surface area contributed by atoms with Gasteiger partial charge < -0.3 is 15.0 Å². The van der Waals surface area contributed by atoms with Gasteiger partial charge in [-0.1, -0.05) is 11.6 Å². The maximum atomic E-state index is 11.6. The number of hydrogen-bond acceptors (Lipinski definition) is 5. The average molecular weight is 391 g/mol. The Bertz CT molecular complexity index is 1190. The summed E-state index contributed by atoms with van der Waals surface area (Å²) in [6.45, 7) is -4.56. The van der Waals surface area contributed by atoms with Crippen LogP contribution in [0, 0.1) is 5.92 Å². The molecule has 140 valence electrons. The molecule has 1 unspecified atom stereocenters. The molecule has 1 aliphatic carbocycles. The number of nitrogens with one attached hydrogen (secondary N) is 1. The van der Waals surface area contributed by atoms with Crippen molar-refractivity contribution in [3.05, 3.63) is 35.4 Å². The smallest absolute Gasteiger partial charge is 0.308 e. The topological polar surface area (TPSA) is 99.9 Å². The van der Waals surface area contributed by atoms with Crippen molar-refractivity contribution in [2.75, 3.05) is 17.9 Å². The summed E-state index contributed by atoms with van der Waals surface area (Å²) in [5.74, 6) is -2.04. The van der Waals surface area contributed by atoms with Crippen LogP contribution in [0.3, 0.4) is 0 Å². The Morgan fingerprint density at radius 1 is 1.41 bits per heavy atom. The van der Waals surface area contributed by atoms with Crippen LogP contribution in [0.5, 0.6) is 0 Å². The first-order chi connectivity index (χ1) is 14.5. The van der Waals surface area contributed by atoms with E-state index in [1.807, 2.05) is 0 Å². The number of fused-ring (bicyclic) bond motifs is 1. The molecule has 4 heterocycles. The van der Waals surface area contributed by atoms with Crippen molar-refractivity contribution in [1.29, 1.82) is 0 Å². The maximum absolute atomic E-state index is 11.6. The van der Waals surface area contributed by atoms with Gasteiger partial charge in [0.2, 0.25) is 0 Å². The number of nitrogens with zero attached hydrogens (tertiary/aromatic N) is 5. The summed E-state index contributed by atoms with van der Waals surface area (Å²) >= 11 is 6.01. The number of aliphatic carboxylic acids is 1. The Kier molecular flexibility index (Phi) is 2.80. The molecule has 8 nitrogen and oxygen atoms in total. The van der Waals surface area contributed by atoms with E-state index in [1.54, 1.807) is 23.1 Å². The van der Waals surface area contributed by atoms with Gasteiger partial charge in [-0.25, -0.2) is 9.97 Å². The molecular weight excluding hydrogens is 368 g/mol. The van der Waals surface area contributed by atoms with Crippen LogP contribution in [0.25, 0.3) is 11.2 Å². The summed E-state index contributed by atoms with van der Waals surface area (Å²) in [6, 6.07) is 3.13. The van der Waals surface area contributed by atoms with Gasteiger partial charge in [-0.05, 0) is 37.8 Å². The molecule has 0 spiro atoms. The van der Waals surface area contributed by atoms with Crippen molar-refractivity contribution in [2.45, 2.75) is 31.2 Å². The van der Waals surface area contributed by atoms with Gasteiger partial charge in [-0.2, -0.15) is 5.10 Å². The lowest BCUT2D eigenvalue weighted by Crippen LogP contribution is -2.39. The average Bonchev–Trinajstić information content (AvgIpc) is 3.16. The molecule has 1 saturated carbocycles. The van der Waals surface area contributed by atoms with Gasteiger partial charge in [0.05, 0.1) is 25.4 Å². The van der Waals surface area contributed by atoms with E-state index in [4.69, 9.17) is 17.1 Å². The minimum Gasteiger partial charge on any atom is -0.481 e. The number of carbonyl (C=O) groups is 1. The summed E-state index contributed by atoms with van der Waals surface area (Å²) in [6.07, 6.45) is 4.68. The van der Waals surface area contributed by atoms with Crippen LogP contribution in [0.1, 0.15) is 37.0 Å². The Morgan fingerprint density at radius 3 is 2.96 bits per heavy atom. The molecule has 9 heteroatoms. The minimum atomic E-state index is -2.46. The van der Waals surface area contributed by atoms with Crippen LogP contribution in [0.4, 0.5) is 5.82 Å². The predicted octanol–water partition coefficient (Wildman–Crippen LogP) is 2.65. The number of hydrogen-bond donors (Lipinski definition) is 2. The highest BCUT2D eigenvalue weighted by Gasteiger charge is 2.50. The van der Waals surface area contributed by atoms with Crippen LogP contribution >= 0.6 is 11.6 Å². The molecule has 0 bridgehead atoms. The summed E-state index contributed by atoms with van der Waals surface area (Å²) < 4.78 is 35.1. The Labute approximate surface area is 165 Å². The highest BCUT2D eigenvalue weighted by atomic mass is 35.5. The quantitative estimate of drug-likeness (QED) is 0.710. The zero-order chi connectivity index (χ0) is 22.2. The second-order valence-electron chi connectivity index (χ2n) is 6.81. The van der Waals surface area contributed by atoms with Crippen molar-refractivity contribution in [2.24, 2.45) is 5.92 Å². The minimum absolute atomic E-state index is 0.00141. The van der Waals surface area contributed by atoms with E-state index in [0.29, 0.717) is 22.0 Å². The molecule has 3 aromatic heterocycles. The van der Waals surface area contributed by atoms with Gasteiger partial charge in [0.25, 0.3) is 0 Å². The molecule has 2 aliphatic rings. The summed E-state index contributed by atoms with van der Waals surface area (Å²) in [4.78, 5) is 24.6. The molecule has 3 aromatic rings. The third kappa shape index (κ3) is 2.75. The lowest BCUT2D eigenvalue weighted by Gasteiger charge is -2.31. The number of halogens is 1. The number of H-pyrrole nitrogens is 1. The SMILES string of the molecule is [2H]C1([2H])CCC(C(=O)O)C([2H])([2H])N1c1ccc2[nH]c(C3(n4cc(Cl)cn4)CC3)nc2n1. The van der Waals surface area contributed by atoms with E-state index in [0.717, 1.165) is 17.7 Å². The zero-order valence-corrected chi connectivity index (χ0v) is 14.9. The van der Waals surface area contributed by atoms with Gasteiger partial charge in [0, 0.05) is 21.9 Å². The van der Waals surface area contributed by atoms with E-state index in [1.165, 1.54) is 6.07 Å². The normalized spacial score (nSPS) is 27.4. The van der Waals surface area contributed by atoms with Gasteiger partial charge in [-0.15, -0.1) is 0 Å². The molecule has 27 heavy (non-hydrogen) atoms. The Morgan fingerprint density at radius 2 is 2.26 bits per heavy atom. The van der Waals surface area contributed by atoms with Crippen molar-refractivity contribution in [3.63, 3.8) is 0 Å². The molecule has 0 aromatic carbocycles. The van der Waals surface area contributed by atoms with Crippen molar-refractivity contribution in [3.8, 4) is 0 Å². The molecule has 2 fully saturated rings. The fourth-order valence-corrected chi connectivity index (χ4v) is 3.50. The number of aromatic amines is 1. The number of imidazole rings is 1. The highest BCUT2D eigenvalue weighted by Crippen LogP contribution is 2.48. The molecule has 2 N–H and O–H groups in total. The molecular formula is C18H19ClN6O2. The van der Waals surface area contributed by atoms with E-state index < -0.39 is 30.4 Å². The van der Waals surface area contributed by atoms with E-state index in [2.05, 4.69) is 20.1 Å². The van der Waals surface area contributed by atoms with Gasteiger partial charge >= 0.3 is 5.97 Å². The first-order valence-corrected chi connectivity index (χ1v) is 9.03. The molecule has 0 amide bonds. The highest BCUT2D eigenvalue weighted by molar-refractivity contribution is 6.30. The summed E-state index contributed by atoms with van der Waals surface area (Å²) in [5.41, 5.74) is 0.453. The number of anilines is 1. The van der Waals surface area contributed by atoms with E-state index in [9.17, 15) is 9.90 Å². The largest absolute Gasteiger partial charge is 0.481 e. The zero-order valence-electron chi connectivity index (χ0n) is 18.2. The van der Waals surface area contributed by atoms with Crippen molar-refractivity contribution in [1.82, 2.24) is 24.7 Å². The van der Waals surface area contributed by atoms with Gasteiger partial charge in [0.15, 0.2) is 5.65 Å². The van der Waals surface area contributed by atoms with Gasteiger partial charge in [0.1, 0.15) is 17.2 Å². The second-order valence-corrected chi connectivity index (χ2v) is 7.25. The number of carboxylic acids is 1. The van der Waals surface area contributed by atoms with Crippen LogP contribution in [-0.2, 0) is 10.3 Å². The van der Waals surface area contributed by atoms with Crippen molar-refractivity contribution >= 4 is 34.6 Å². The molecule has 1 atom stereocenters. The monoisotopic (exact) mass is 390 g/mol. The summed E-state index contributed by atoms with van der Waals surface area (Å²) in [7, 11) is 0. The predicted molar refractivity (Wildman–Crippen MR) is 100 cm³/mol. The number of rotatable bonds is 4. The third-order valence-corrected chi connectivity index (χ3v) is 5.20. The first kappa shape index (κ1) is 12.7. The van der Waals surface area contributed by atoms with Crippen LogP contribution in [0.15, 0.2) is 24.5 Å². The molecule has 0 radical (unpaired) electrons. The number of pyridine rings is 1. The molecule has 5 rings (SSSR count). The van der Waals surface area contributed by atoms with Crippen LogP contribution in [0.2, 0.25) is 5.02 Å². The lowest BCUT2D eigenvalue weighted by atomic mass is 9.98.